The molecular weight excluding hydrogens is 417 g/mol. The first kappa shape index (κ1) is 20.5. The fraction of sp³-hybridized carbons (Fsp3) is 0.0909. The molecule has 2 N–H and O–H groups in total. The number of hydrogen-bond acceptors (Lipinski definition) is 5. The molecular formula is C22H20FN5O2S. The number of hydrogen-bond donors (Lipinski definition) is 2. The van der Waals surface area contributed by atoms with E-state index in [1.807, 2.05) is 25.1 Å². The molecule has 0 spiro atoms. The van der Waals surface area contributed by atoms with Crippen LogP contribution in [0, 0.1) is 12.7 Å². The minimum Gasteiger partial charge on any atom is -0.340 e. The van der Waals surface area contributed by atoms with E-state index in [4.69, 9.17) is 0 Å². The summed E-state index contributed by atoms with van der Waals surface area (Å²) >= 11 is 0. The highest BCUT2D eigenvalue weighted by atomic mass is 32.2. The lowest BCUT2D eigenvalue weighted by Crippen LogP contribution is -2.09. The lowest BCUT2D eigenvalue weighted by molar-refractivity contribution is 0.607. The van der Waals surface area contributed by atoms with Gasteiger partial charge >= 0.3 is 0 Å². The highest BCUT2D eigenvalue weighted by molar-refractivity contribution is 7.92. The van der Waals surface area contributed by atoms with Crippen LogP contribution in [0.15, 0.2) is 72.9 Å². The van der Waals surface area contributed by atoms with Crippen molar-refractivity contribution in [2.45, 2.75) is 6.92 Å². The summed E-state index contributed by atoms with van der Waals surface area (Å²) < 4.78 is 40.2. The maximum atomic E-state index is 13.3. The van der Waals surface area contributed by atoms with Crippen molar-refractivity contribution >= 4 is 27.2 Å². The molecule has 158 valence electrons. The first-order valence-corrected chi connectivity index (χ1v) is 11.3. The first-order chi connectivity index (χ1) is 14.8. The van der Waals surface area contributed by atoms with Gasteiger partial charge in [-0.15, -0.1) is 0 Å². The molecule has 0 amide bonds. The maximum Gasteiger partial charge on any atom is 0.229 e. The van der Waals surface area contributed by atoms with E-state index >= 15 is 0 Å². The molecule has 0 saturated carbocycles. The third kappa shape index (κ3) is 5.07. The van der Waals surface area contributed by atoms with Crippen molar-refractivity contribution in [2.24, 2.45) is 0 Å². The van der Waals surface area contributed by atoms with Crippen LogP contribution in [0.2, 0.25) is 0 Å². The van der Waals surface area contributed by atoms with Crippen molar-refractivity contribution in [3.8, 4) is 16.9 Å². The standard InChI is InChI=1S/C22H20FN5O2S/c1-15-13-21(28(26-15)20-9-3-17(23)4-10-20)16-11-12-24-22(14-16)25-18-5-7-19(8-6-18)27-31(2,29)30/h3-14,27H,1-2H3,(H,24,25). The number of pyridine rings is 1. The van der Waals surface area contributed by atoms with Gasteiger partial charge in [-0.25, -0.2) is 22.5 Å². The van der Waals surface area contributed by atoms with Gasteiger partial charge in [-0.05, 0) is 73.7 Å². The van der Waals surface area contributed by atoms with Gasteiger partial charge in [0.05, 0.1) is 23.3 Å². The molecule has 2 aromatic heterocycles. The molecule has 0 aliphatic heterocycles. The molecule has 7 nitrogen and oxygen atoms in total. The van der Waals surface area contributed by atoms with Crippen LogP contribution < -0.4 is 10.0 Å². The summed E-state index contributed by atoms with van der Waals surface area (Å²) in [4.78, 5) is 4.36. The van der Waals surface area contributed by atoms with Gasteiger partial charge in [0.2, 0.25) is 10.0 Å². The first-order valence-electron chi connectivity index (χ1n) is 9.41. The minimum atomic E-state index is -3.32. The number of sulfonamides is 1. The molecule has 0 unspecified atom stereocenters. The van der Waals surface area contributed by atoms with Crippen LogP contribution in [0.4, 0.5) is 21.6 Å². The molecule has 0 fully saturated rings. The number of nitrogens with zero attached hydrogens (tertiary/aromatic N) is 3. The fourth-order valence-electron chi connectivity index (χ4n) is 3.13. The lowest BCUT2D eigenvalue weighted by Gasteiger charge is -2.11. The zero-order valence-corrected chi connectivity index (χ0v) is 17.7. The van der Waals surface area contributed by atoms with Gasteiger partial charge in [-0.3, -0.25) is 4.72 Å². The lowest BCUT2D eigenvalue weighted by atomic mass is 10.1. The Kier molecular flexibility index (Phi) is 5.43. The van der Waals surface area contributed by atoms with Crippen LogP contribution in [-0.4, -0.2) is 29.4 Å². The third-order valence-electron chi connectivity index (χ3n) is 4.42. The molecule has 0 radical (unpaired) electrons. The Balaban J connectivity index is 1.60. The number of benzene rings is 2. The Morgan fingerprint density at radius 2 is 1.61 bits per heavy atom. The molecule has 4 aromatic rings. The van der Waals surface area contributed by atoms with E-state index in [-0.39, 0.29) is 5.82 Å². The Morgan fingerprint density at radius 3 is 2.29 bits per heavy atom. The number of aromatic nitrogens is 3. The largest absolute Gasteiger partial charge is 0.340 e. The number of anilines is 3. The Hall–Kier alpha value is -3.72. The van der Waals surface area contributed by atoms with Gasteiger partial charge in [0, 0.05) is 23.1 Å². The van der Waals surface area contributed by atoms with E-state index in [0.717, 1.165) is 34.6 Å². The molecule has 0 bridgehead atoms. The van der Waals surface area contributed by atoms with Gasteiger partial charge in [-0.2, -0.15) is 5.10 Å². The van der Waals surface area contributed by atoms with E-state index in [0.29, 0.717) is 11.5 Å². The Labute approximate surface area is 179 Å². The average Bonchev–Trinajstić information content (AvgIpc) is 3.11. The predicted molar refractivity (Wildman–Crippen MR) is 120 cm³/mol. The quantitative estimate of drug-likeness (QED) is 0.464. The molecule has 2 heterocycles. The van der Waals surface area contributed by atoms with Crippen molar-refractivity contribution in [1.29, 1.82) is 0 Å². The van der Waals surface area contributed by atoms with Gasteiger partial charge < -0.3 is 5.32 Å². The number of rotatable bonds is 6. The van der Waals surface area contributed by atoms with Crippen LogP contribution in [0.3, 0.4) is 0 Å². The zero-order chi connectivity index (χ0) is 22.0. The maximum absolute atomic E-state index is 13.3. The molecule has 2 aromatic carbocycles. The summed E-state index contributed by atoms with van der Waals surface area (Å²) in [6.07, 6.45) is 2.79. The van der Waals surface area contributed by atoms with E-state index < -0.39 is 10.0 Å². The second kappa shape index (κ2) is 8.19. The summed E-state index contributed by atoms with van der Waals surface area (Å²) in [6, 6.07) is 18.7. The molecule has 0 atom stereocenters. The summed E-state index contributed by atoms with van der Waals surface area (Å²) in [6.45, 7) is 1.90. The molecule has 31 heavy (non-hydrogen) atoms. The van der Waals surface area contributed by atoms with Crippen LogP contribution in [-0.2, 0) is 10.0 Å². The topological polar surface area (TPSA) is 88.9 Å². The van der Waals surface area contributed by atoms with Crippen LogP contribution in [0.25, 0.3) is 16.9 Å². The van der Waals surface area contributed by atoms with Crippen LogP contribution >= 0.6 is 0 Å². The molecule has 9 heteroatoms. The highest BCUT2D eigenvalue weighted by Gasteiger charge is 2.11. The second-order valence-corrected chi connectivity index (χ2v) is 8.81. The molecule has 0 saturated heterocycles. The van der Waals surface area contributed by atoms with Crippen molar-refractivity contribution < 1.29 is 12.8 Å². The Morgan fingerprint density at radius 1 is 0.935 bits per heavy atom. The molecule has 0 aliphatic rings. The van der Waals surface area contributed by atoms with Gasteiger partial charge in [0.25, 0.3) is 0 Å². The SMILES string of the molecule is Cc1cc(-c2ccnc(Nc3ccc(NS(C)(=O)=O)cc3)c2)n(-c2ccc(F)cc2)n1. The predicted octanol–water partition coefficient (Wildman–Crippen LogP) is 4.50. The van der Waals surface area contributed by atoms with E-state index in [9.17, 15) is 12.8 Å². The summed E-state index contributed by atoms with van der Waals surface area (Å²) in [5.41, 5.74) is 4.56. The number of aryl methyl sites for hydroxylation is 1. The second-order valence-electron chi connectivity index (χ2n) is 7.07. The smallest absolute Gasteiger partial charge is 0.229 e. The average molecular weight is 438 g/mol. The van der Waals surface area contributed by atoms with Crippen LogP contribution in [0.5, 0.6) is 0 Å². The number of nitrogens with one attached hydrogen (secondary N) is 2. The van der Waals surface area contributed by atoms with Crippen molar-refractivity contribution in [3.05, 3.63) is 84.4 Å². The minimum absolute atomic E-state index is 0.303. The van der Waals surface area contributed by atoms with E-state index in [2.05, 4.69) is 20.1 Å². The van der Waals surface area contributed by atoms with E-state index in [1.165, 1.54) is 12.1 Å². The van der Waals surface area contributed by atoms with Crippen LogP contribution in [0.1, 0.15) is 5.69 Å². The third-order valence-corrected chi connectivity index (χ3v) is 5.03. The normalized spacial score (nSPS) is 11.3. The van der Waals surface area contributed by atoms with Crippen molar-refractivity contribution in [2.75, 3.05) is 16.3 Å². The summed E-state index contributed by atoms with van der Waals surface area (Å²) in [5, 5.41) is 7.75. The summed E-state index contributed by atoms with van der Waals surface area (Å²) in [5.74, 6) is 0.313. The van der Waals surface area contributed by atoms with Gasteiger partial charge in [0.1, 0.15) is 11.6 Å². The Bertz CT molecular complexity index is 1320. The van der Waals surface area contributed by atoms with Crippen molar-refractivity contribution in [1.82, 2.24) is 14.8 Å². The van der Waals surface area contributed by atoms with Gasteiger partial charge in [0.15, 0.2) is 0 Å². The fourth-order valence-corrected chi connectivity index (χ4v) is 3.69. The molecule has 4 rings (SSSR count). The molecule has 0 aliphatic carbocycles. The van der Waals surface area contributed by atoms with Gasteiger partial charge in [-0.1, -0.05) is 0 Å². The van der Waals surface area contributed by atoms with Crippen molar-refractivity contribution in [3.63, 3.8) is 0 Å². The number of halogens is 1. The van der Waals surface area contributed by atoms with E-state index in [1.54, 1.807) is 47.3 Å². The monoisotopic (exact) mass is 437 g/mol. The summed E-state index contributed by atoms with van der Waals surface area (Å²) in [7, 11) is -3.32. The highest BCUT2D eigenvalue weighted by Crippen LogP contribution is 2.27. The zero-order valence-electron chi connectivity index (χ0n) is 16.9.